The average molecular weight is 289 g/mol. The van der Waals surface area contributed by atoms with Crippen LogP contribution in [0.25, 0.3) is 0 Å². The van der Waals surface area contributed by atoms with Crippen LogP contribution in [0.2, 0.25) is 0 Å². The smallest absolute Gasteiger partial charge is 0.317 e. The van der Waals surface area contributed by atoms with Crippen LogP contribution in [0.1, 0.15) is 44.0 Å². The molecule has 0 radical (unpaired) electrons. The summed E-state index contributed by atoms with van der Waals surface area (Å²) in [5.74, 6) is -0.0143. The molecule has 0 unspecified atom stereocenters. The third-order valence-corrected chi connectivity index (χ3v) is 3.57. The van der Waals surface area contributed by atoms with E-state index in [4.69, 9.17) is 4.74 Å². The van der Waals surface area contributed by atoms with Crippen molar-refractivity contribution in [2.75, 3.05) is 0 Å². The number of hydrogen-bond donors (Lipinski definition) is 1. The summed E-state index contributed by atoms with van der Waals surface area (Å²) in [6.45, 7) is 5.72. The summed E-state index contributed by atoms with van der Waals surface area (Å²) >= 11 is 0. The molecule has 1 fully saturated rings. The minimum atomic E-state index is -0.0143. The van der Waals surface area contributed by atoms with E-state index in [1.807, 2.05) is 26.8 Å². The average Bonchev–Trinajstić information content (AvgIpc) is 2.40. The van der Waals surface area contributed by atoms with Gasteiger partial charge in [-0.25, -0.2) is 9.97 Å². The number of carbonyl (C=O) groups excluding carboxylic acids is 1. The number of aryl methyl sites for hydroxylation is 2. The van der Waals surface area contributed by atoms with Gasteiger partial charge in [0.2, 0.25) is 5.91 Å². The maximum absolute atomic E-state index is 11.5. The lowest BCUT2D eigenvalue weighted by Crippen LogP contribution is -2.39. The van der Waals surface area contributed by atoms with Gasteiger partial charge in [-0.3, -0.25) is 4.79 Å². The van der Waals surface area contributed by atoms with E-state index < -0.39 is 0 Å². The molecule has 2 rings (SSSR count). The molecule has 0 saturated heterocycles. The van der Waals surface area contributed by atoms with E-state index in [1.165, 1.54) is 0 Å². The molecule has 5 heteroatoms. The van der Waals surface area contributed by atoms with Gasteiger partial charge in [0.15, 0.2) is 0 Å². The van der Waals surface area contributed by atoms with Gasteiger partial charge in [-0.2, -0.15) is 0 Å². The fraction of sp³-hybridized carbons (Fsp3) is 0.562. The molecule has 114 valence electrons. The second-order valence-corrected chi connectivity index (χ2v) is 5.53. The summed E-state index contributed by atoms with van der Waals surface area (Å²) in [6, 6.07) is 2.64. The highest BCUT2D eigenvalue weighted by Crippen LogP contribution is 2.22. The van der Waals surface area contributed by atoms with E-state index in [2.05, 4.69) is 15.3 Å². The van der Waals surface area contributed by atoms with Crippen molar-refractivity contribution in [3.8, 4) is 6.01 Å². The highest BCUT2D eigenvalue weighted by Gasteiger charge is 2.23. The molecule has 1 amide bonds. The zero-order valence-corrected chi connectivity index (χ0v) is 12.9. The molecule has 1 N–H and O–H groups in total. The summed E-state index contributed by atoms with van der Waals surface area (Å²) in [5.41, 5.74) is 1.84. The normalized spacial score (nSPS) is 22.2. The van der Waals surface area contributed by atoms with E-state index >= 15 is 0 Å². The predicted octanol–water partition coefficient (Wildman–Crippen LogP) is 2.48. The lowest BCUT2D eigenvalue weighted by molar-refractivity contribution is -0.117. The Morgan fingerprint density at radius 2 is 1.86 bits per heavy atom. The Balaban J connectivity index is 1.82. The Labute approximate surface area is 125 Å². The van der Waals surface area contributed by atoms with Crippen molar-refractivity contribution in [1.29, 1.82) is 0 Å². The van der Waals surface area contributed by atoms with E-state index in [-0.39, 0.29) is 18.1 Å². The molecule has 0 aromatic carbocycles. The number of amides is 1. The minimum Gasteiger partial charge on any atom is -0.460 e. The molecule has 1 saturated carbocycles. The largest absolute Gasteiger partial charge is 0.460 e. The maximum Gasteiger partial charge on any atom is 0.317 e. The number of aromatic nitrogens is 2. The summed E-state index contributed by atoms with van der Waals surface area (Å²) in [6.07, 6.45) is 7.14. The zero-order chi connectivity index (χ0) is 15.2. The molecule has 0 bridgehead atoms. The molecule has 1 heterocycles. The SMILES string of the molecule is C/C=C/C(=O)NC1CCC(Oc2nc(C)cc(C)n2)CC1. The molecule has 0 spiro atoms. The van der Waals surface area contributed by atoms with Gasteiger partial charge in [0.1, 0.15) is 6.10 Å². The quantitative estimate of drug-likeness (QED) is 0.865. The third-order valence-electron chi connectivity index (χ3n) is 3.57. The van der Waals surface area contributed by atoms with Gasteiger partial charge in [-0.1, -0.05) is 6.08 Å². The van der Waals surface area contributed by atoms with Crippen molar-refractivity contribution in [3.05, 3.63) is 29.6 Å². The Morgan fingerprint density at radius 1 is 1.24 bits per heavy atom. The molecule has 1 aliphatic carbocycles. The molecule has 1 aromatic heterocycles. The van der Waals surface area contributed by atoms with Gasteiger partial charge in [-0.05, 0) is 58.6 Å². The highest BCUT2D eigenvalue weighted by atomic mass is 16.5. The number of hydrogen-bond acceptors (Lipinski definition) is 4. The predicted molar refractivity (Wildman–Crippen MR) is 81.1 cm³/mol. The van der Waals surface area contributed by atoms with Crippen LogP contribution in [-0.4, -0.2) is 28.0 Å². The number of nitrogens with zero attached hydrogens (tertiary/aromatic N) is 2. The van der Waals surface area contributed by atoms with Crippen LogP contribution >= 0.6 is 0 Å². The van der Waals surface area contributed by atoms with Crippen molar-refractivity contribution in [1.82, 2.24) is 15.3 Å². The zero-order valence-electron chi connectivity index (χ0n) is 12.9. The maximum atomic E-state index is 11.5. The number of carbonyl (C=O) groups is 1. The summed E-state index contributed by atoms with van der Waals surface area (Å²) in [5, 5.41) is 3.01. The van der Waals surface area contributed by atoms with Crippen LogP contribution in [0.5, 0.6) is 6.01 Å². The van der Waals surface area contributed by atoms with Crippen LogP contribution < -0.4 is 10.1 Å². The summed E-state index contributed by atoms with van der Waals surface area (Å²) < 4.78 is 5.87. The molecule has 21 heavy (non-hydrogen) atoms. The van der Waals surface area contributed by atoms with Gasteiger partial charge in [0, 0.05) is 17.4 Å². The van der Waals surface area contributed by atoms with Crippen LogP contribution in [0, 0.1) is 13.8 Å². The molecular formula is C16H23N3O2. The second kappa shape index (κ2) is 7.20. The van der Waals surface area contributed by atoms with Crippen molar-refractivity contribution in [2.24, 2.45) is 0 Å². The lowest BCUT2D eigenvalue weighted by Gasteiger charge is -2.28. The first-order chi connectivity index (χ1) is 10.1. The number of nitrogens with one attached hydrogen (secondary N) is 1. The van der Waals surface area contributed by atoms with Gasteiger partial charge >= 0.3 is 6.01 Å². The van der Waals surface area contributed by atoms with Crippen molar-refractivity contribution in [2.45, 2.75) is 58.6 Å². The standard InChI is InChI=1S/C16H23N3O2/c1-4-5-15(20)19-13-6-8-14(9-7-13)21-16-17-11(2)10-12(3)18-16/h4-5,10,13-14H,6-9H2,1-3H3,(H,19,20)/b5-4+. The van der Waals surface area contributed by atoms with Crippen LogP contribution in [0.15, 0.2) is 18.2 Å². The van der Waals surface area contributed by atoms with Gasteiger partial charge < -0.3 is 10.1 Å². The highest BCUT2D eigenvalue weighted by molar-refractivity contribution is 5.87. The van der Waals surface area contributed by atoms with Crippen LogP contribution in [0.4, 0.5) is 0 Å². The van der Waals surface area contributed by atoms with Crippen molar-refractivity contribution < 1.29 is 9.53 Å². The fourth-order valence-corrected chi connectivity index (χ4v) is 2.62. The van der Waals surface area contributed by atoms with Crippen molar-refractivity contribution >= 4 is 5.91 Å². The Kier molecular flexibility index (Phi) is 5.31. The van der Waals surface area contributed by atoms with Gasteiger partial charge in [-0.15, -0.1) is 0 Å². The first-order valence-corrected chi connectivity index (χ1v) is 7.49. The van der Waals surface area contributed by atoms with Crippen molar-refractivity contribution in [3.63, 3.8) is 0 Å². The molecule has 1 aromatic rings. The Morgan fingerprint density at radius 3 is 2.43 bits per heavy atom. The van der Waals surface area contributed by atoms with E-state index in [0.29, 0.717) is 6.01 Å². The lowest BCUT2D eigenvalue weighted by atomic mass is 9.93. The number of allylic oxidation sites excluding steroid dienone is 1. The topological polar surface area (TPSA) is 64.1 Å². The molecule has 5 nitrogen and oxygen atoms in total. The molecule has 0 atom stereocenters. The molecular weight excluding hydrogens is 266 g/mol. The summed E-state index contributed by atoms with van der Waals surface area (Å²) in [4.78, 5) is 20.1. The third kappa shape index (κ3) is 4.85. The van der Waals surface area contributed by atoms with E-state index in [1.54, 1.807) is 12.2 Å². The van der Waals surface area contributed by atoms with Gasteiger partial charge in [0.05, 0.1) is 0 Å². The van der Waals surface area contributed by atoms with Gasteiger partial charge in [0.25, 0.3) is 0 Å². The van der Waals surface area contributed by atoms with Crippen LogP contribution in [0.3, 0.4) is 0 Å². The molecule has 0 aliphatic heterocycles. The summed E-state index contributed by atoms with van der Waals surface area (Å²) in [7, 11) is 0. The van der Waals surface area contributed by atoms with E-state index in [0.717, 1.165) is 37.1 Å². The first-order valence-electron chi connectivity index (χ1n) is 7.49. The fourth-order valence-electron chi connectivity index (χ4n) is 2.62. The van der Waals surface area contributed by atoms with E-state index in [9.17, 15) is 4.79 Å². The second-order valence-electron chi connectivity index (χ2n) is 5.53. The van der Waals surface area contributed by atoms with Crippen LogP contribution in [-0.2, 0) is 4.79 Å². The number of rotatable bonds is 4. The Bertz CT molecular complexity index is 500. The molecule has 1 aliphatic rings. The number of ether oxygens (including phenoxy) is 1. The first kappa shape index (κ1) is 15.5. The monoisotopic (exact) mass is 289 g/mol. The Hall–Kier alpha value is -1.91. The minimum absolute atomic E-state index is 0.0143.